The Bertz CT molecular complexity index is 1810. The Morgan fingerprint density at radius 3 is 1.36 bits per heavy atom. The normalized spacial score (nSPS) is 11.2. The van der Waals surface area contributed by atoms with E-state index < -0.39 is 37.5 Å². The van der Waals surface area contributed by atoms with Crippen LogP contribution < -0.4 is 27.9 Å². The summed E-state index contributed by atoms with van der Waals surface area (Å²) in [4.78, 5) is 24.0. The maximum absolute atomic E-state index is 12.5. The van der Waals surface area contributed by atoms with Crippen LogP contribution in [0.2, 0.25) is 0 Å². The summed E-state index contributed by atoms with van der Waals surface area (Å²) in [5.41, 5.74) is 0.875. The van der Waals surface area contributed by atoms with Gasteiger partial charge in [-0.05, 0) is 0 Å². The van der Waals surface area contributed by atoms with E-state index in [2.05, 4.69) is 0 Å². The van der Waals surface area contributed by atoms with Crippen LogP contribution in [0.5, 0.6) is 23.0 Å². The second-order valence-corrected chi connectivity index (χ2v) is 15.2. The van der Waals surface area contributed by atoms with E-state index in [4.69, 9.17) is 33.2 Å². The van der Waals surface area contributed by atoms with Crippen molar-refractivity contribution in [2.24, 2.45) is 0 Å². The molecule has 0 aromatic heterocycles. The fourth-order valence-electron chi connectivity index (χ4n) is 4.42. The minimum absolute atomic E-state index is 0.0463. The molecule has 4 rings (SSSR count). The molecule has 0 atom stereocenters. The molecular formula is C37H36F6O10Se2. The number of halogens is 6. The van der Waals surface area contributed by atoms with E-state index in [1.165, 1.54) is 39.5 Å². The van der Waals surface area contributed by atoms with Crippen LogP contribution >= 0.6 is 0 Å². The molecule has 0 spiro atoms. The van der Waals surface area contributed by atoms with Gasteiger partial charge in [0, 0.05) is 0 Å². The zero-order valence-corrected chi connectivity index (χ0v) is 33.0. The first-order valence-corrected chi connectivity index (χ1v) is 19.9. The molecule has 298 valence electrons. The molecule has 0 heterocycles. The van der Waals surface area contributed by atoms with Gasteiger partial charge in [-0.2, -0.15) is 0 Å². The predicted octanol–water partition coefficient (Wildman–Crippen LogP) is 5.77. The van der Waals surface area contributed by atoms with E-state index in [0.29, 0.717) is 21.8 Å². The third-order valence-electron chi connectivity index (χ3n) is 6.66. The first-order chi connectivity index (χ1) is 26.1. The summed E-state index contributed by atoms with van der Waals surface area (Å²) in [5, 5.41) is 10.3. The molecule has 0 radical (unpaired) electrons. The zero-order chi connectivity index (χ0) is 40.4. The first kappa shape index (κ1) is 45.0. The number of carbonyl (C=O) groups is 2. The van der Waals surface area contributed by atoms with Crippen molar-refractivity contribution in [3.8, 4) is 23.0 Å². The number of methoxy groups -OCH3 is 3. The van der Waals surface area contributed by atoms with Crippen molar-refractivity contribution in [1.82, 2.24) is 0 Å². The van der Waals surface area contributed by atoms with Crippen molar-refractivity contribution in [2.75, 3.05) is 48.1 Å². The van der Waals surface area contributed by atoms with Gasteiger partial charge in [0.1, 0.15) is 0 Å². The van der Waals surface area contributed by atoms with Crippen LogP contribution in [0.4, 0.5) is 26.3 Å². The van der Waals surface area contributed by atoms with Crippen molar-refractivity contribution in [3.63, 3.8) is 0 Å². The van der Waals surface area contributed by atoms with Crippen LogP contribution in [-0.2, 0) is 24.8 Å². The van der Waals surface area contributed by atoms with E-state index in [0.717, 1.165) is 15.0 Å². The molecule has 55 heavy (non-hydrogen) atoms. The maximum atomic E-state index is 12.5. The Morgan fingerprint density at radius 2 is 1.00 bits per heavy atom. The average Bonchev–Trinajstić information content (AvgIpc) is 3.15. The molecule has 0 aliphatic rings. The molecule has 0 fully saturated rings. The summed E-state index contributed by atoms with van der Waals surface area (Å²) in [6.07, 6.45) is -8.99. The van der Waals surface area contributed by atoms with Gasteiger partial charge in [-0.3, -0.25) is 0 Å². The summed E-state index contributed by atoms with van der Waals surface area (Å²) in [6, 6.07) is 24.1. The van der Waals surface area contributed by atoms with Crippen LogP contribution in [0.15, 0.2) is 84.9 Å². The van der Waals surface area contributed by atoms with Crippen molar-refractivity contribution in [3.05, 3.63) is 107 Å². The topological polar surface area (TPSA) is 119 Å². The number of carbonyl (C=O) groups excluding carboxylic acids is 1. The Balaban J connectivity index is 0.000000296. The number of hydrogen-bond acceptors (Lipinski definition) is 9. The SMILES string of the molecule is COCOc1cc(OCC(F)(F)F)cc(C[Se]c2ccccc2)c1C(=O)O.COCOc1cc(OCC(F)(F)F)cc(C[Se]c2ccccc2)c1C(=O)OC. The summed E-state index contributed by atoms with van der Waals surface area (Å²) in [5.74, 6) is -2.08. The molecule has 0 saturated heterocycles. The number of alkyl halides is 6. The van der Waals surface area contributed by atoms with Crippen molar-refractivity contribution in [2.45, 2.75) is 23.0 Å². The quantitative estimate of drug-likeness (QED) is 0.0572. The molecular weight excluding hydrogens is 876 g/mol. The predicted molar refractivity (Wildman–Crippen MR) is 190 cm³/mol. The standard InChI is InChI=1S/C19H19F3O5Se.C18H17F3O5Se/c1-24-12-27-16-9-14(26-11-19(20,21)22)8-13(17(16)18(23)25-2)10-28-15-6-4-3-5-7-15;1-24-11-26-15-8-13(25-10-18(19,20)21)7-12(16(15)17(22)23)9-27-14-5-3-2-4-6-14/h3-9H,10-12H2,1-2H3;2-8H,9-11H2,1H3,(H,22,23). The molecule has 0 saturated carbocycles. The number of ether oxygens (including phenoxy) is 7. The van der Waals surface area contributed by atoms with Crippen LogP contribution in [0, 0.1) is 0 Å². The second-order valence-electron chi connectivity index (χ2n) is 10.8. The van der Waals surface area contributed by atoms with E-state index in [1.807, 2.05) is 60.7 Å². The van der Waals surface area contributed by atoms with Gasteiger partial charge < -0.3 is 0 Å². The number of rotatable bonds is 18. The molecule has 18 heteroatoms. The van der Waals surface area contributed by atoms with Crippen LogP contribution in [-0.4, -0.2) is 107 Å². The number of benzene rings is 4. The molecule has 4 aromatic rings. The third-order valence-corrected chi connectivity index (χ3v) is 11.1. The van der Waals surface area contributed by atoms with Crippen LogP contribution in [0.3, 0.4) is 0 Å². The van der Waals surface area contributed by atoms with E-state index >= 15 is 0 Å². The van der Waals surface area contributed by atoms with Crippen LogP contribution in [0.1, 0.15) is 31.8 Å². The number of esters is 1. The Kier molecular flexibility index (Phi) is 18.1. The number of hydrogen-bond donors (Lipinski definition) is 1. The van der Waals surface area contributed by atoms with Gasteiger partial charge in [-0.15, -0.1) is 0 Å². The number of carboxylic acids is 1. The summed E-state index contributed by atoms with van der Waals surface area (Å²) < 4.78 is 112. The first-order valence-electron chi connectivity index (χ1n) is 15.8. The molecule has 1 N–H and O–H groups in total. The number of aromatic carboxylic acids is 1. The van der Waals surface area contributed by atoms with E-state index in [1.54, 1.807) is 0 Å². The van der Waals surface area contributed by atoms with Gasteiger partial charge in [0.15, 0.2) is 0 Å². The van der Waals surface area contributed by atoms with Crippen molar-refractivity contribution in [1.29, 1.82) is 0 Å². The molecule has 0 aliphatic carbocycles. The van der Waals surface area contributed by atoms with Crippen molar-refractivity contribution >= 4 is 50.8 Å². The molecule has 10 nitrogen and oxygen atoms in total. The summed E-state index contributed by atoms with van der Waals surface area (Å²) in [6.45, 7) is -3.35. The molecule has 0 aliphatic heterocycles. The number of carboxylic acid groups (broad SMARTS) is 1. The second kappa shape index (κ2) is 22.2. The fraction of sp³-hybridized carbons (Fsp3) is 0.297. The van der Waals surface area contributed by atoms with E-state index in [9.17, 15) is 41.0 Å². The van der Waals surface area contributed by atoms with E-state index in [-0.39, 0.29) is 77.6 Å². The molecule has 0 bridgehead atoms. The third kappa shape index (κ3) is 16.1. The summed E-state index contributed by atoms with van der Waals surface area (Å²) in [7, 11) is 3.97. The molecule has 0 amide bonds. The van der Waals surface area contributed by atoms with Gasteiger partial charge in [0.2, 0.25) is 0 Å². The van der Waals surface area contributed by atoms with Crippen LogP contribution in [0.25, 0.3) is 0 Å². The van der Waals surface area contributed by atoms with Gasteiger partial charge in [-0.1, -0.05) is 0 Å². The minimum atomic E-state index is -4.51. The van der Waals surface area contributed by atoms with Gasteiger partial charge in [-0.25, -0.2) is 0 Å². The van der Waals surface area contributed by atoms with Gasteiger partial charge in [0.05, 0.1) is 0 Å². The summed E-state index contributed by atoms with van der Waals surface area (Å²) >= 11 is -0.183. The Hall–Kier alpha value is -4.44. The van der Waals surface area contributed by atoms with Gasteiger partial charge >= 0.3 is 326 Å². The molecule has 0 unspecified atom stereocenters. The molecule has 4 aromatic carbocycles. The monoisotopic (exact) mass is 914 g/mol. The average molecular weight is 913 g/mol. The Labute approximate surface area is 325 Å². The van der Waals surface area contributed by atoms with Gasteiger partial charge in [0.25, 0.3) is 0 Å². The fourth-order valence-corrected chi connectivity index (χ4v) is 8.19. The Morgan fingerprint density at radius 1 is 0.600 bits per heavy atom. The zero-order valence-electron chi connectivity index (χ0n) is 29.5. The van der Waals surface area contributed by atoms with Crippen molar-refractivity contribution < 1.29 is 74.2 Å².